The maximum atomic E-state index is 12.2. The van der Waals surface area contributed by atoms with E-state index >= 15 is 0 Å². The van der Waals surface area contributed by atoms with Crippen molar-refractivity contribution in [1.82, 2.24) is 0 Å². The minimum Gasteiger partial charge on any atom is -0.462 e. The number of anilines is 2. The molecule has 2 aromatic carbocycles. The van der Waals surface area contributed by atoms with Crippen molar-refractivity contribution in [3.8, 4) is 0 Å². The van der Waals surface area contributed by atoms with Crippen LogP contribution in [0.1, 0.15) is 40.5 Å². The van der Waals surface area contributed by atoms with E-state index in [1.165, 1.54) is 36.4 Å². The zero-order valence-electron chi connectivity index (χ0n) is 15.4. The number of nitrogens with two attached hydrogens (primary N) is 1. The Morgan fingerprint density at radius 1 is 0.929 bits per heavy atom. The lowest BCUT2D eigenvalue weighted by molar-refractivity contribution is -0.133. The number of ether oxygens (including phenoxy) is 1. The normalized spacial score (nSPS) is 10.0. The van der Waals surface area contributed by atoms with Crippen LogP contribution < -0.4 is 16.4 Å². The highest BCUT2D eigenvalue weighted by Crippen LogP contribution is 2.17. The Labute approximate surface area is 162 Å². The fourth-order valence-corrected chi connectivity index (χ4v) is 2.24. The van der Waals surface area contributed by atoms with Crippen LogP contribution in [0.3, 0.4) is 0 Å². The molecule has 3 amide bonds. The number of primary amides is 1. The van der Waals surface area contributed by atoms with Crippen LogP contribution in [0, 0.1) is 0 Å². The van der Waals surface area contributed by atoms with Gasteiger partial charge in [-0.1, -0.05) is 25.5 Å². The monoisotopic (exact) mass is 383 g/mol. The molecular weight excluding hydrogens is 362 g/mol. The molecular formula is C20H21N3O5. The van der Waals surface area contributed by atoms with Crippen molar-refractivity contribution < 1.29 is 23.9 Å². The van der Waals surface area contributed by atoms with Crippen molar-refractivity contribution in [2.75, 3.05) is 17.2 Å². The number of hydrogen-bond donors (Lipinski definition) is 3. The molecule has 0 aliphatic rings. The van der Waals surface area contributed by atoms with Gasteiger partial charge in [0.15, 0.2) is 0 Å². The Bertz CT molecular complexity index is 878. The molecule has 4 N–H and O–H groups in total. The van der Waals surface area contributed by atoms with E-state index in [2.05, 4.69) is 10.6 Å². The van der Waals surface area contributed by atoms with Crippen molar-refractivity contribution >= 4 is 35.1 Å². The molecule has 0 heterocycles. The standard InChI is InChI=1S/C20H21N3O5/c1-2-3-12-28-20(27)15-6-4-5-7-16(15)23-19(26)18(25)22-14-10-8-13(9-11-14)17(21)24/h4-11H,2-3,12H2,1H3,(H2,21,24)(H,22,25)(H,23,26). The van der Waals surface area contributed by atoms with Gasteiger partial charge < -0.3 is 21.1 Å². The lowest BCUT2D eigenvalue weighted by atomic mass is 10.1. The number of para-hydroxylation sites is 1. The minimum atomic E-state index is -0.951. The van der Waals surface area contributed by atoms with Crippen LogP contribution in [0.2, 0.25) is 0 Å². The summed E-state index contributed by atoms with van der Waals surface area (Å²) in [5, 5.41) is 4.80. The van der Waals surface area contributed by atoms with Gasteiger partial charge in [0.05, 0.1) is 17.9 Å². The summed E-state index contributed by atoms with van der Waals surface area (Å²) in [6, 6.07) is 12.0. The number of unbranched alkanes of at least 4 members (excludes halogenated alkanes) is 1. The second-order valence-electron chi connectivity index (χ2n) is 5.88. The molecule has 8 nitrogen and oxygen atoms in total. The second-order valence-corrected chi connectivity index (χ2v) is 5.88. The van der Waals surface area contributed by atoms with Crippen molar-refractivity contribution in [3.63, 3.8) is 0 Å². The maximum absolute atomic E-state index is 12.2. The van der Waals surface area contributed by atoms with E-state index in [4.69, 9.17) is 10.5 Å². The van der Waals surface area contributed by atoms with Crippen LogP contribution in [0.25, 0.3) is 0 Å². The topological polar surface area (TPSA) is 128 Å². The smallest absolute Gasteiger partial charge is 0.340 e. The van der Waals surface area contributed by atoms with Gasteiger partial charge in [-0.05, 0) is 42.8 Å². The average molecular weight is 383 g/mol. The number of carbonyl (C=O) groups excluding carboxylic acids is 4. The first-order chi connectivity index (χ1) is 13.4. The molecule has 146 valence electrons. The Balaban J connectivity index is 2.02. The van der Waals surface area contributed by atoms with E-state index in [0.717, 1.165) is 12.8 Å². The fourth-order valence-electron chi connectivity index (χ4n) is 2.24. The average Bonchev–Trinajstić information content (AvgIpc) is 2.68. The van der Waals surface area contributed by atoms with Crippen LogP contribution in [-0.2, 0) is 14.3 Å². The number of nitrogens with one attached hydrogen (secondary N) is 2. The minimum absolute atomic E-state index is 0.158. The number of amides is 3. The van der Waals surface area contributed by atoms with Crippen LogP contribution in [-0.4, -0.2) is 30.3 Å². The fraction of sp³-hybridized carbons (Fsp3) is 0.200. The highest BCUT2D eigenvalue weighted by atomic mass is 16.5. The molecule has 0 radical (unpaired) electrons. The first-order valence-electron chi connectivity index (χ1n) is 8.70. The summed E-state index contributed by atoms with van der Waals surface area (Å²) in [6.45, 7) is 2.25. The molecule has 8 heteroatoms. The molecule has 0 bridgehead atoms. The molecule has 0 aliphatic heterocycles. The third-order valence-corrected chi connectivity index (χ3v) is 3.76. The molecule has 0 fully saturated rings. The summed E-state index contributed by atoms with van der Waals surface area (Å²) < 4.78 is 5.15. The van der Waals surface area contributed by atoms with Gasteiger partial charge in [-0.15, -0.1) is 0 Å². The predicted molar refractivity (Wildman–Crippen MR) is 104 cm³/mol. The first-order valence-corrected chi connectivity index (χ1v) is 8.70. The van der Waals surface area contributed by atoms with Gasteiger partial charge in [-0.2, -0.15) is 0 Å². The van der Waals surface area contributed by atoms with Crippen LogP contribution in [0.5, 0.6) is 0 Å². The van der Waals surface area contributed by atoms with E-state index in [0.29, 0.717) is 5.69 Å². The predicted octanol–water partition coefficient (Wildman–Crippen LogP) is 2.32. The maximum Gasteiger partial charge on any atom is 0.340 e. The van der Waals surface area contributed by atoms with E-state index in [1.54, 1.807) is 12.1 Å². The molecule has 0 saturated carbocycles. The summed E-state index contributed by atoms with van der Waals surface area (Å²) in [6.07, 6.45) is 1.61. The van der Waals surface area contributed by atoms with Crippen LogP contribution >= 0.6 is 0 Å². The van der Waals surface area contributed by atoms with E-state index in [9.17, 15) is 19.2 Å². The van der Waals surface area contributed by atoms with Gasteiger partial charge in [0.25, 0.3) is 0 Å². The zero-order chi connectivity index (χ0) is 20.5. The summed E-state index contributed by atoms with van der Waals surface area (Å²) in [5.41, 5.74) is 6.07. The molecule has 0 aromatic heterocycles. The van der Waals surface area contributed by atoms with Crippen LogP contribution in [0.15, 0.2) is 48.5 Å². The molecule has 0 saturated heterocycles. The molecule has 0 unspecified atom stereocenters. The highest BCUT2D eigenvalue weighted by Gasteiger charge is 2.19. The largest absolute Gasteiger partial charge is 0.462 e. The van der Waals surface area contributed by atoms with Gasteiger partial charge in [0.1, 0.15) is 0 Å². The summed E-state index contributed by atoms with van der Waals surface area (Å²) in [4.78, 5) is 47.5. The molecule has 0 atom stereocenters. The number of esters is 1. The Kier molecular flexibility index (Phi) is 7.27. The van der Waals surface area contributed by atoms with Crippen molar-refractivity contribution in [1.29, 1.82) is 0 Å². The molecule has 28 heavy (non-hydrogen) atoms. The lowest BCUT2D eigenvalue weighted by Gasteiger charge is -2.11. The van der Waals surface area contributed by atoms with E-state index < -0.39 is 23.7 Å². The summed E-state index contributed by atoms with van der Waals surface area (Å²) in [5.74, 6) is -3.06. The summed E-state index contributed by atoms with van der Waals surface area (Å²) in [7, 11) is 0. The lowest BCUT2D eigenvalue weighted by Crippen LogP contribution is -2.29. The number of carbonyl (C=O) groups is 4. The Morgan fingerprint density at radius 3 is 2.21 bits per heavy atom. The van der Waals surface area contributed by atoms with Gasteiger partial charge in [-0.25, -0.2) is 4.79 Å². The van der Waals surface area contributed by atoms with Crippen LogP contribution in [0.4, 0.5) is 11.4 Å². The van der Waals surface area contributed by atoms with Gasteiger partial charge in [0, 0.05) is 11.3 Å². The van der Waals surface area contributed by atoms with Gasteiger partial charge >= 0.3 is 17.8 Å². The van der Waals surface area contributed by atoms with E-state index in [1.807, 2.05) is 6.92 Å². The number of benzene rings is 2. The molecule has 2 aromatic rings. The van der Waals surface area contributed by atoms with Crippen molar-refractivity contribution in [2.24, 2.45) is 5.73 Å². The third kappa shape index (κ3) is 5.66. The Morgan fingerprint density at radius 2 is 1.57 bits per heavy atom. The first kappa shape index (κ1) is 20.6. The molecule has 0 aliphatic carbocycles. The number of hydrogen-bond acceptors (Lipinski definition) is 5. The van der Waals surface area contributed by atoms with Gasteiger partial charge in [0.2, 0.25) is 5.91 Å². The summed E-state index contributed by atoms with van der Waals surface area (Å²) >= 11 is 0. The SMILES string of the molecule is CCCCOC(=O)c1ccccc1NC(=O)C(=O)Nc1ccc(C(N)=O)cc1. The van der Waals surface area contributed by atoms with Crippen molar-refractivity contribution in [2.45, 2.75) is 19.8 Å². The highest BCUT2D eigenvalue weighted by molar-refractivity contribution is 6.44. The second kappa shape index (κ2) is 9.86. The van der Waals surface area contributed by atoms with Crippen molar-refractivity contribution in [3.05, 3.63) is 59.7 Å². The third-order valence-electron chi connectivity index (χ3n) is 3.76. The van der Waals surface area contributed by atoms with Gasteiger partial charge in [-0.3, -0.25) is 14.4 Å². The Hall–Kier alpha value is -3.68. The molecule has 2 rings (SSSR count). The quantitative estimate of drug-likeness (QED) is 0.384. The molecule has 0 spiro atoms. The number of rotatable bonds is 7. The zero-order valence-corrected chi connectivity index (χ0v) is 15.4. The van der Waals surface area contributed by atoms with E-state index in [-0.39, 0.29) is 23.4 Å².